The summed E-state index contributed by atoms with van der Waals surface area (Å²) in [5.74, 6) is 0.970. The van der Waals surface area contributed by atoms with Crippen molar-refractivity contribution in [1.29, 1.82) is 5.26 Å². The molecule has 0 radical (unpaired) electrons. The van der Waals surface area contributed by atoms with Crippen molar-refractivity contribution in [3.8, 4) is 23.3 Å². The molecule has 32 heavy (non-hydrogen) atoms. The third-order valence-electron chi connectivity index (χ3n) is 5.84. The van der Waals surface area contributed by atoms with Gasteiger partial charge in [-0.2, -0.15) is 5.26 Å². The molecule has 2 N–H and O–H groups in total. The Hall–Kier alpha value is -3.99. The van der Waals surface area contributed by atoms with Crippen molar-refractivity contribution in [3.05, 3.63) is 64.9 Å². The van der Waals surface area contributed by atoms with Crippen LogP contribution >= 0.6 is 0 Å². The second kappa shape index (κ2) is 8.63. The molecule has 0 spiro atoms. The summed E-state index contributed by atoms with van der Waals surface area (Å²) >= 11 is 0. The number of aromatic nitrogens is 1. The predicted octanol–water partition coefficient (Wildman–Crippen LogP) is 3.41. The number of hydrogen-bond donors (Lipinski definition) is 1. The molecule has 2 aliphatic rings. The summed E-state index contributed by atoms with van der Waals surface area (Å²) in [6.07, 6.45) is 5.13. The van der Waals surface area contributed by atoms with Crippen LogP contribution in [0.5, 0.6) is 17.2 Å². The van der Waals surface area contributed by atoms with Crippen LogP contribution in [0.1, 0.15) is 30.7 Å². The number of carbonyl (C=O) groups is 1. The van der Waals surface area contributed by atoms with E-state index in [1.165, 1.54) is 21.3 Å². The van der Waals surface area contributed by atoms with Crippen molar-refractivity contribution in [2.24, 2.45) is 5.73 Å². The number of Topliss-reactive ketones (excluding diaryl/α,β-unsaturated/α-hetero) is 1. The van der Waals surface area contributed by atoms with Crippen LogP contribution in [0.4, 0.5) is 5.69 Å². The number of ketones is 1. The van der Waals surface area contributed by atoms with Gasteiger partial charge in [0.15, 0.2) is 17.3 Å². The standard InChI is InChI=1S/C24H24N4O4/c1-30-19-10-14(11-20(31-2)23(19)32-3)21-16(12-25)24(26)28(15-6-5-9-27-13-15)17-7-4-8-18(29)22(17)21/h5-6,9-11,13,21H,4,7-8,26H2,1-3H3/t21-/m1/s1. The van der Waals surface area contributed by atoms with E-state index in [-0.39, 0.29) is 17.2 Å². The Labute approximate surface area is 186 Å². The summed E-state index contributed by atoms with van der Waals surface area (Å²) in [6, 6.07) is 9.44. The number of nitrogens with two attached hydrogens (primary N) is 1. The van der Waals surface area contributed by atoms with E-state index in [1.807, 2.05) is 6.07 Å². The van der Waals surface area contributed by atoms with E-state index in [4.69, 9.17) is 19.9 Å². The van der Waals surface area contributed by atoms with Crippen molar-refractivity contribution >= 4 is 11.5 Å². The number of nitrogens with zero attached hydrogens (tertiary/aromatic N) is 3. The van der Waals surface area contributed by atoms with Crippen LogP contribution in [0.15, 0.2) is 59.3 Å². The van der Waals surface area contributed by atoms with Crippen molar-refractivity contribution in [2.45, 2.75) is 25.2 Å². The first-order valence-electron chi connectivity index (χ1n) is 10.2. The highest BCUT2D eigenvalue weighted by molar-refractivity contribution is 6.01. The number of ether oxygens (including phenoxy) is 3. The molecule has 0 bridgehead atoms. The Morgan fingerprint density at radius 3 is 2.44 bits per heavy atom. The molecule has 4 rings (SSSR count). The molecule has 8 heteroatoms. The molecule has 0 saturated heterocycles. The zero-order valence-electron chi connectivity index (χ0n) is 18.2. The van der Waals surface area contributed by atoms with Gasteiger partial charge in [0.25, 0.3) is 0 Å². The molecule has 0 amide bonds. The van der Waals surface area contributed by atoms with E-state index >= 15 is 0 Å². The molecule has 0 unspecified atom stereocenters. The third-order valence-corrected chi connectivity index (χ3v) is 5.84. The van der Waals surface area contributed by atoms with Gasteiger partial charge in [-0.25, -0.2) is 0 Å². The number of benzene rings is 1. The lowest BCUT2D eigenvalue weighted by Gasteiger charge is -2.39. The Morgan fingerprint density at radius 2 is 1.88 bits per heavy atom. The average Bonchev–Trinajstić information content (AvgIpc) is 2.83. The Kier molecular flexibility index (Phi) is 5.73. The molecule has 1 aromatic heterocycles. The van der Waals surface area contributed by atoms with Crippen LogP contribution in [-0.2, 0) is 4.79 Å². The van der Waals surface area contributed by atoms with E-state index in [9.17, 15) is 10.1 Å². The minimum Gasteiger partial charge on any atom is -0.493 e. The maximum atomic E-state index is 13.2. The van der Waals surface area contributed by atoms with Crippen LogP contribution in [0.2, 0.25) is 0 Å². The lowest BCUT2D eigenvalue weighted by atomic mass is 9.75. The van der Waals surface area contributed by atoms with Crippen LogP contribution in [-0.4, -0.2) is 32.1 Å². The summed E-state index contributed by atoms with van der Waals surface area (Å²) in [5.41, 5.74) is 9.61. The Morgan fingerprint density at radius 1 is 1.16 bits per heavy atom. The molecule has 2 aromatic rings. The normalized spacial score (nSPS) is 18.2. The average molecular weight is 432 g/mol. The Bertz CT molecular complexity index is 1140. The summed E-state index contributed by atoms with van der Waals surface area (Å²) in [7, 11) is 4.58. The van der Waals surface area contributed by atoms with E-state index in [0.29, 0.717) is 53.3 Å². The molecular formula is C24H24N4O4. The maximum absolute atomic E-state index is 13.2. The van der Waals surface area contributed by atoms with Gasteiger partial charge in [-0.1, -0.05) is 0 Å². The minimum atomic E-state index is -0.635. The maximum Gasteiger partial charge on any atom is 0.203 e. The number of nitriles is 1. The summed E-state index contributed by atoms with van der Waals surface area (Å²) in [5, 5.41) is 10.1. The third kappa shape index (κ3) is 3.32. The van der Waals surface area contributed by atoms with Crippen LogP contribution in [0, 0.1) is 11.3 Å². The van der Waals surface area contributed by atoms with Gasteiger partial charge in [0.1, 0.15) is 5.82 Å². The summed E-state index contributed by atoms with van der Waals surface area (Å²) in [4.78, 5) is 19.2. The fourth-order valence-corrected chi connectivity index (χ4v) is 4.47. The van der Waals surface area contributed by atoms with E-state index < -0.39 is 5.92 Å². The molecule has 1 aliphatic carbocycles. The largest absolute Gasteiger partial charge is 0.493 e. The second-order valence-corrected chi connectivity index (χ2v) is 7.49. The number of allylic oxidation sites excluding steroid dienone is 3. The molecule has 1 aromatic carbocycles. The quantitative estimate of drug-likeness (QED) is 0.765. The van der Waals surface area contributed by atoms with Gasteiger partial charge in [0, 0.05) is 23.9 Å². The van der Waals surface area contributed by atoms with Crippen LogP contribution in [0.25, 0.3) is 0 Å². The van der Waals surface area contributed by atoms with Crippen molar-refractivity contribution < 1.29 is 19.0 Å². The van der Waals surface area contributed by atoms with Gasteiger partial charge >= 0.3 is 0 Å². The number of anilines is 1. The monoisotopic (exact) mass is 432 g/mol. The Balaban J connectivity index is 1.99. The number of methoxy groups -OCH3 is 3. The fourth-order valence-electron chi connectivity index (χ4n) is 4.47. The van der Waals surface area contributed by atoms with E-state index in [0.717, 1.165) is 5.70 Å². The second-order valence-electron chi connectivity index (χ2n) is 7.49. The van der Waals surface area contributed by atoms with Gasteiger partial charge in [0.2, 0.25) is 5.75 Å². The first-order chi connectivity index (χ1) is 15.5. The van der Waals surface area contributed by atoms with Crippen molar-refractivity contribution in [3.63, 3.8) is 0 Å². The molecule has 164 valence electrons. The summed E-state index contributed by atoms with van der Waals surface area (Å²) in [6.45, 7) is 0. The van der Waals surface area contributed by atoms with Crippen molar-refractivity contribution in [1.82, 2.24) is 4.98 Å². The van der Waals surface area contributed by atoms with E-state index in [2.05, 4.69) is 11.1 Å². The molecule has 1 atom stereocenters. The molecule has 0 saturated carbocycles. The molecular weight excluding hydrogens is 408 g/mol. The smallest absolute Gasteiger partial charge is 0.203 e. The lowest BCUT2D eigenvalue weighted by molar-refractivity contribution is -0.116. The predicted molar refractivity (Wildman–Crippen MR) is 118 cm³/mol. The highest BCUT2D eigenvalue weighted by Crippen LogP contribution is 2.49. The molecule has 8 nitrogen and oxygen atoms in total. The first kappa shape index (κ1) is 21.2. The molecule has 2 heterocycles. The number of pyridine rings is 1. The highest BCUT2D eigenvalue weighted by Gasteiger charge is 2.41. The number of hydrogen-bond acceptors (Lipinski definition) is 8. The van der Waals surface area contributed by atoms with Gasteiger partial charge < -0.3 is 19.9 Å². The van der Waals surface area contributed by atoms with Crippen LogP contribution in [0.3, 0.4) is 0 Å². The first-order valence-corrected chi connectivity index (χ1v) is 10.2. The topological polar surface area (TPSA) is 111 Å². The summed E-state index contributed by atoms with van der Waals surface area (Å²) < 4.78 is 16.4. The van der Waals surface area contributed by atoms with Gasteiger partial charge in [-0.05, 0) is 42.7 Å². The fraction of sp³-hybridized carbons (Fsp3) is 0.292. The number of rotatable bonds is 5. The van der Waals surface area contributed by atoms with Crippen LogP contribution < -0.4 is 24.8 Å². The zero-order chi connectivity index (χ0) is 22.8. The zero-order valence-corrected chi connectivity index (χ0v) is 18.2. The van der Waals surface area contributed by atoms with E-state index in [1.54, 1.807) is 35.5 Å². The van der Waals surface area contributed by atoms with Gasteiger partial charge in [-0.3, -0.25) is 14.7 Å². The SMILES string of the molecule is COc1cc([C@@H]2C(C#N)=C(N)N(c3cccnc3)C3=C2C(=O)CCC3)cc(OC)c1OC. The minimum absolute atomic E-state index is 0.000794. The van der Waals surface area contributed by atoms with Gasteiger partial charge in [0.05, 0.1) is 50.8 Å². The lowest BCUT2D eigenvalue weighted by Crippen LogP contribution is -2.38. The van der Waals surface area contributed by atoms with Gasteiger partial charge in [-0.15, -0.1) is 0 Å². The van der Waals surface area contributed by atoms with Crippen molar-refractivity contribution in [2.75, 3.05) is 26.2 Å². The molecule has 0 fully saturated rings. The number of carbonyl (C=O) groups excluding carboxylic acids is 1. The molecule has 1 aliphatic heterocycles. The highest BCUT2D eigenvalue weighted by atomic mass is 16.5.